The first-order valence-electron chi connectivity index (χ1n) is 5.68. The highest BCUT2D eigenvalue weighted by molar-refractivity contribution is 7.98. The van der Waals surface area contributed by atoms with Crippen LogP contribution in [0, 0.1) is 12.8 Å². The number of rotatable bonds is 6. The monoisotopic (exact) mass is 268 g/mol. The van der Waals surface area contributed by atoms with Crippen molar-refractivity contribution in [2.75, 3.05) is 23.9 Å². The van der Waals surface area contributed by atoms with Crippen LogP contribution >= 0.6 is 24.0 Å². The fourth-order valence-corrected chi connectivity index (χ4v) is 2.50. The molecule has 0 amide bonds. The van der Waals surface area contributed by atoms with Gasteiger partial charge in [-0.05, 0) is 37.0 Å². The van der Waals surface area contributed by atoms with Crippen molar-refractivity contribution in [1.82, 2.24) is 0 Å². The van der Waals surface area contributed by atoms with Gasteiger partial charge in [0.15, 0.2) is 0 Å². The number of nitrogens with two attached hydrogens (primary N) is 1. The number of nitrogens with one attached hydrogen (secondary N) is 1. The summed E-state index contributed by atoms with van der Waals surface area (Å²) in [5.74, 6) is 1.78. The van der Waals surface area contributed by atoms with E-state index >= 15 is 0 Å². The Morgan fingerprint density at radius 3 is 2.82 bits per heavy atom. The Bertz CT molecular complexity index is 391. The predicted molar refractivity (Wildman–Crippen MR) is 83.1 cm³/mol. The van der Waals surface area contributed by atoms with Gasteiger partial charge in [-0.1, -0.05) is 30.8 Å². The molecule has 0 aromatic heterocycles. The van der Waals surface area contributed by atoms with Gasteiger partial charge in [0.1, 0.15) is 4.99 Å². The number of anilines is 1. The Labute approximate surface area is 113 Å². The molecule has 1 unspecified atom stereocenters. The van der Waals surface area contributed by atoms with E-state index in [0.717, 1.165) is 23.5 Å². The quantitative estimate of drug-likeness (QED) is 0.778. The minimum absolute atomic E-state index is 0.453. The molecular formula is C13H20N2S2. The summed E-state index contributed by atoms with van der Waals surface area (Å²) in [7, 11) is 0. The second kappa shape index (κ2) is 6.87. The maximum Gasteiger partial charge on any atom is 0.106 e. The largest absolute Gasteiger partial charge is 0.389 e. The first kappa shape index (κ1) is 14.3. The summed E-state index contributed by atoms with van der Waals surface area (Å²) >= 11 is 6.94. The van der Waals surface area contributed by atoms with Crippen molar-refractivity contribution >= 4 is 34.7 Å². The van der Waals surface area contributed by atoms with Crippen LogP contribution in [0.1, 0.15) is 18.1 Å². The summed E-state index contributed by atoms with van der Waals surface area (Å²) in [6, 6.07) is 6.16. The molecule has 0 fully saturated rings. The molecule has 2 nitrogen and oxygen atoms in total. The lowest BCUT2D eigenvalue weighted by Gasteiger charge is -2.15. The van der Waals surface area contributed by atoms with Crippen molar-refractivity contribution in [2.45, 2.75) is 13.8 Å². The average Bonchev–Trinajstić information content (AvgIpc) is 2.27. The van der Waals surface area contributed by atoms with Crippen molar-refractivity contribution < 1.29 is 0 Å². The van der Waals surface area contributed by atoms with Gasteiger partial charge in [0.05, 0.1) is 0 Å². The van der Waals surface area contributed by atoms with Crippen molar-refractivity contribution in [3.05, 3.63) is 29.3 Å². The summed E-state index contributed by atoms with van der Waals surface area (Å²) in [6.45, 7) is 5.22. The third-order valence-electron chi connectivity index (χ3n) is 2.53. The Balaban J connectivity index is 2.73. The van der Waals surface area contributed by atoms with Crippen LogP contribution in [-0.4, -0.2) is 23.5 Å². The highest BCUT2D eigenvalue weighted by Crippen LogP contribution is 2.18. The molecule has 0 bridgehead atoms. The lowest BCUT2D eigenvalue weighted by molar-refractivity contribution is 0.701. The molecule has 0 heterocycles. The zero-order valence-corrected chi connectivity index (χ0v) is 12.3. The molecule has 0 saturated heterocycles. The molecule has 0 radical (unpaired) electrons. The van der Waals surface area contributed by atoms with Crippen molar-refractivity contribution in [2.24, 2.45) is 11.7 Å². The van der Waals surface area contributed by atoms with E-state index < -0.39 is 0 Å². The van der Waals surface area contributed by atoms with Crippen LogP contribution in [0.15, 0.2) is 18.2 Å². The maximum atomic E-state index is 5.74. The normalized spacial score (nSPS) is 12.2. The lowest BCUT2D eigenvalue weighted by Crippen LogP contribution is -2.17. The first-order chi connectivity index (χ1) is 8.04. The number of hydrogen-bond acceptors (Lipinski definition) is 3. The molecule has 1 aromatic carbocycles. The Kier molecular flexibility index (Phi) is 5.78. The van der Waals surface area contributed by atoms with Crippen LogP contribution in [0.5, 0.6) is 0 Å². The van der Waals surface area contributed by atoms with Gasteiger partial charge in [0.25, 0.3) is 0 Å². The second-order valence-electron chi connectivity index (χ2n) is 4.35. The van der Waals surface area contributed by atoms with Crippen molar-refractivity contribution in [3.63, 3.8) is 0 Å². The van der Waals surface area contributed by atoms with Gasteiger partial charge < -0.3 is 11.1 Å². The standard InChI is InChI=1S/C13H20N2S2/c1-9-4-5-12(11(6-9)13(14)16)15-7-10(2)8-17-3/h4-6,10,15H,7-8H2,1-3H3,(H2,14,16). The number of benzene rings is 1. The first-order valence-corrected chi connectivity index (χ1v) is 7.48. The molecule has 1 aromatic rings. The Morgan fingerprint density at radius 2 is 2.24 bits per heavy atom. The number of hydrogen-bond donors (Lipinski definition) is 2. The minimum Gasteiger partial charge on any atom is -0.389 e. The molecule has 4 heteroatoms. The average molecular weight is 268 g/mol. The van der Waals surface area contributed by atoms with Crippen LogP contribution in [0.4, 0.5) is 5.69 Å². The molecule has 1 rings (SSSR count). The van der Waals surface area contributed by atoms with Crippen molar-refractivity contribution in [1.29, 1.82) is 0 Å². The van der Waals surface area contributed by atoms with E-state index in [9.17, 15) is 0 Å². The fraction of sp³-hybridized carbons (Fsp3) is 0.462. The predicted octanol–water partition coefficient (Wildman–Crippen LogP) is 3.04. The van der Waals surface area contributed by atoms with Gasteiger partial charge in [-0.15, -0.1) is 0 Å². The van der Waals surface area contributed by atoms with Gasteiger partial charge >= 0.3 is 0 Å². The molecule has 94 valence electrons. The third kappa shape index (κ3) is 4.56. The molecule has 0 aliphatic rings. The fourth-order valence-electron chi connectivity index (χ4n) is 1.64. The molecule has 0 spiro atoms. The molecule has 17 heavy (non-hydrogen) atoms. The third-order valence-corrected chi connectivity index (χ3v) is 3.65. The summed E-state index contributed by atoms with van der Waals surface area (Å²) in [5.41, 5.74) is 8.89. The Morgan fingerprint density at radius 1 is 1.53 bits per heavy atom. The van der Waals surface area contributed by atoms with Crippen LogP contribution in [0.25, 0.3) is 0 Å². The van der Waals surface area contributed by atoms with Gasteiger partial charge in [-0.25, -0.2) is 0 Å². The number of thiocarbonyl (C=S) groups is 1. The summed E-state index contributed by atoms with van der Waals surface area (Å²) in [4.78, 5) is 0.453. The SMILES string of the molecule is CSCC(C)CNc1ccc(C)cc1C(N)=S. The van der Waals surface area contributed by atoms with Crippen molar-refractivity contribution in [3.8, 4) is 0 Å². The lowest BCUT2D eigenvalue weighted by atomic mass is 10.1. The zero-order valence-electron chi connectivity index (χ0n) is 10.6. The maximum absolute atomic E-state index is 5.74. The van der Waals surface area contributed by atoms with Gasteiger partial charge in [0, 0.05) is 17.8 Å². The molecular weight excluding hydrogens is 248 g/mol. The highest BCUT2D eigenvalue weighted by Gasteiger charge is 2.07. The van der Waals surface area contributed by atoms with E-state index in [-0.39, 0.29) is 0 Å². The van der Waals surface area contributed by atoms with Crippen LogP contribution in [0.2, 0.25) is 0 Å². The van der Waals surface area contributed by atoms with E-state index in [0.29, 0.717) is 10.9 Å². The summed E-state index contributed by atoms with van der Waals surface area (Å²) in [5, 5.41) is 3.43. The second-order valence-corrected chi connectivity index (χ2v) is 5.71. The Hall–Kier alpha value is -0.740. The number of aryl methyl sites for hydroxylation is 1. The number of thioether (sulfide) groups is 1. The minimum atomic E-state index is 0.453. The van der Waals surface area contributed by atoms with Crippen LogP contribution < -0.4 is 11.1 Å². The molecule has 0 saturated carbocycles. The van der Waals surface area contributed by atoms with Gasteiger partial charge in [-0.2, -0.15) is 11.8 Å². The van der Waals surface area contributed by atoms with E-state index in [1.165, 1.54) is 5.56 Å². The van der Waals surface area contributed by atoms with Gasteiger partial charge in [0.2, 0.25) is 0 Å². The molecule has 0 aliphatic heterocycles. The topological polar surface area (TPSA) is 38.0 Å². The van der Waals surface area contributed by atoms with Gasteiger partial charge in [-0.3, -0.25) is 0 Å². The van der Waals surface area contributed by atoms with E-state index in [1.807, 2.05) is 24.8 Å². The smallest absolute Gasteiger partial charge is 0.106 e. The van der Waals surface area contributed by atoms with E-state index in [4.69, 9.17) is 18.0 Å². The van der Waals surface area contributed by atoms with Crippen LogP contribution in [0.3, 0.4) is 0 Å². The van der Waals surface area contributed by atoms with Crippen LogP contribution in [-0.2, 0) is 0 Å². The summed E-state index contributed by atoms with van der Waals surface area (Å²) < 4.78 is 0. The molecule has 3 N–H and O–H groups in total. The molecule has 0 aliphatic carbocycles. The zero-order chi connectivity index (χ0) is 12.8. The van der Waals surface area contributed by atoms with E-state index in [2.05, 4.69) is 30.6 Å². The highest BCUT2D eigenvalue weighted by atomic mass is 32.2. The van der Waals surface area contributed by atoms with E-state index in [1.54, 1.807) is 0 Å². The summed E-state index contributed by atoms with van der Waals surface area (Å²) in [6.07, 6.45) is 2.13. The molecule has 1 atom stereocenters.